The van der Waals surface area contributed by atoms with Crippen molar-refractivity contribution in [3.63, 3.8) is 0 Å². The van der Waals surface area contributed by atoms with Crippen LogP contribution in [0.15, 0.2) is 0 Å². The van der Waals surface area contributed by atoms with E-state index in [9.17, 15) is 5.11 Å². The number of hydrogen-bond donors (Lipinski definition) is 3. The number of aliphatic hydroxyl groups is 1. The largest absolute Gasteiger partial charge is 0.385 e. The minimum atomic E-state index is -0.665. The van der Waals surface area contributed by atoms with Gasteiger partial charge in [0.25, 0.3) is 0 Å². The zero-order chi connectivity index (χ0) is 9.24. The van der Waals surface area contributed by atoms with Gasteiger partial charge in [-0.25, -0.2) is 0 Å². The molecule has 12 heavy (non-hydrogen) atoms. The van der Waals surface area contributed by atoms with Crippen LogP contribution in [0.2, 0.25) is 0 Å². The second-order valence-electron chi connectivity index (χ2n) is 4.16. The molecule has 1 fully saturated rings. The summed E-state index contributed by atoms with van der Waals surface area (Å²) in [5.74, 6) is 0. The lowest BCUT2D eigenvalue weighted by Gasteiger charge is -2.49. The summed E-state index contributed by atoms with van der Waals surface area (Å²) in [5, 5.41) is 13.0. The molecular weight excluding hydrogens is 152 g/mol. The third-order valence-corrected chi connectivity index (χ3v) is 2.95. The Morgan fingerprint density at radius 2 is 2.17 bits per heavy atom. The average Bonchev–Trinajstić information content (AvgIpc) is 1.96. The number of unbranched alkanes of at least 4 members (excludes halogenated alkanes) is 1. The van der Waals surface area contributed by atoms with Gasteiger partial charge in [-0.05, 0) is 13.3 Å². The molecule has 0 radical (unpaired) electrons. The van der Waals surface area contributed by atoms with E-state index in [4.69, 9.17) is 5.73 Å². The van der Waals surface area contributed by atoms with Crippen LogP contribution < -0.4 is 11.1 Å². The van der Waals surface area contributed by atoms with E-state index in [0.717, 1.165) is 19.3 Å². The fraction of sp³-hybridized carbons (Fsp3) is 1.00. The fourth-order valence-electron chi connectivity index (χ4n) is 1.54. The molecule has 0 saturated carbocycles. The molecule has 0 amide bonds. The number of β-amino-alcohol motifs (C(OH)–C–C–N with tert-alkyl or cyclic N) is 1. The highest BCUT2D eigenvalue weighted by molar-refractivity contribution is 5.08. The van der Waals surface area contributed by atoms with E-state index >= 15 is 0 Å². The molecule has 72 valence electrons. The van der Waals surface area contributed by atoms with Gasteiger partial charge < -0.3 is 16.2 Å². The molecule has 1 heterocycles. The third kappa shape index (κ3) is 1.63. The molecule has 0 aliphatic carbocycles. The van der Waals surface area contributed by atoms with Crippen molar-refractivity contribution in [3.8, 4) is 0 Å². The van der Waals surface area contributed by atoms with Gasteiger partial charge in [-0.1, -0.05) is 19.8 Å². The molecule has 1 aliphatic rings. The molecular formula is C9H20N2O. The van der Waals surface area contributed by atoms with Gasteiger partial charge in [-0.15, -0.1) is 0 Å². The van der Waals surface area contributed by atoms with Crippen LogP contribution in [0.4, 0.5) is 0 Å². The van der Waals surface area contributed by atoms with Crippen LogP contribution in [0.5, 0.6) is 0 Å². The Morgan fingerprint density at radius 3 is 2.50 bits per heavy atom. The molecule has 0 bridgehead atoms. The average molecular weight is 172 g/mol. The van der Waals surface area contributed by atoms with Crippen LogP contribution in [0.25, 0.3) is 0 Å². The summed E-state index contributed by atoms with van der Waals surface area (Å²) in [6.07, 6.45) is 3.13. The van der Waals surface area contributed by atoms with E-state index in [-0.39, 0.29) is 0 Å². The zero-order valence-electron chi connectivity index (χ0n) is 8.06. The Hall–Kier alpha value is -0.120. The van der Waals surface area contributed by atoms with Crippen molar-refractivity contribution in [3.05, 3.63) is 0 Å². The molecule has 3 nitrogen and oxygen atoms in total. The maximum Gasteiger partial charge on any atom is 0.107 e. The first-order valence-electron chi connectivity index (χ1n) is 4.74. The van der Waals surface area contributed by atoms with Crippen LogP contribution in [0.1, 0.15) is 33.1 Å². The van der Waals surface area contributed by atoms with Crippen LogP contribution in [-0.4, -0.2) is 29.3 Å². The van der Waals surface area contributed by atoms with Gasteiger partial charge in [0.2, 0.25) is 0 Å². The summed E-state index contributed by atoms with van der Waals surface area (Å²) in [6.45, 7) is 5.37. The van der Waals surface area contributed by atoms with Gasteiger partial charge in [0.15, 0.2) is 0 Å². The van der Waals surface area contributed by atoms with E-state index in [2.05, 4.69) is 12.2 Å². The minimum absolute atomic E-state index is 0.422. The predicted molar refractivity (Wildman–Crippen MR) is 49.9 cm³/mol. The Kier molecular flexibility index (Phi) is 2.76. The third-order valence-electron chi connectivity index (χ3n) is 2.95. The van der Waals surface area contributed by atoms with Crippen LogP contribution in [-0.2, 0) is 0 Å². The lowest BCUT2D eigenvalue weighted by Crippen LogP contribution is -2.74. The van der Waals surface area contributed by atoms with Gasteiger partial charge in [-0.2, -0.15) is 0 Å². The molecule has 0 aromatic rings. The Bertz CT molecular complexity index is 153. The molecule has 0 spiro atoms. The summed E-state index contributed by atoms with van der Waals surface area (Å²) in [4.78, 5) is 0. The minimum Gasteiger partial charge on any atom is -0.385 e. The van der Waals surface area contributed by atoms with E-state index in [1.807, 2.05) is 6.92 Å². The van der Waals surface area contributed by atoms with E-state index < -0.39 is 11.1 Å². The first-order valence-corrected chi connectivity index (χ1v) is 4.74. The summed E-state index contributed by atoms with van der Waals surface area (Å²) in [6, 6.07) is 0. The van der Waals surface area contributed by atoms with E-state index in [1.54, 1.807) is 0 Å². The van der Waals surface area contributed by atoms with Crippen molar-refractivity contribution in [1.82, 2.24) is 5.32 Å². The molecule has 3 heteroatoms. The van der Waals surface area contributed by atoms with E-state index in [1.165, 1.54) is 0 Å². The Labute approximate surface area is 74.3 Å². The fourth-order valence-corrected chi connectivity index (χ4v) is 1.54. The molecule has 0 aromatic carbocycles. The molecule has 1 unspecified atom stereocenters. The van der Waals surface area contributed by atoms with Crippen molar-refractivity contribution >= 4 is 0 Å². The highest BCUT2D eigenvalue weighted by Crippen LogP contribution is 2.28. The molecule has 1 atom stereocenters. The maximum atomic E-state index is 9.98. The summed E-state index contributed by atoms with van der Waals surface area (Å²) in [5.41, 5.74) is 4.97. The smallest absolute Gasteiger partial charge is 0.107 e. The van der Waals surface area contributed by atoms with Gasteiger partial charge in [0.1, 0.15) is 5.60 Å². The van der Waals surface area contributed by atoms with Gasteiger partial charge >= 0.3 is 0 Å². The van der Waals surface area contributed by atoms with Crippen molar-refractivity contribution in [2.24, 2.45) is 5.73 Å². The van der Waals surface area contributed by atoms with Crippen LogP contribution in [0.3, 0.4) is 0 Å². The predicted octanol–water partition coefficient (Wildman–Crippen LogP) is 0.228. The monoisotopic (exact) mass is 172 g/mol. The number of hydrogen-bond acceptors (Lipinski definition) is 3. The van der Waals surface area contributed by atoms with E-state index in [0.29, 0.717) is 13.1 Å². The van der Waals surface area contributed by atoms with Gasteiger partial charge in [-0.3, -0.25) is 0 Å². The number of nitrogens with two attached hydrogens (primary N) is 1. The molecule has 1 aliphatic heterocycles. The Balaban J connectivity index is 2.45. The van der Waals surface area contributed by atoms with Gasteiger partial charge in [0, 0.05) is 18.6 Å². The molecule has 4 N–H and O–H groups in total. The first kappa shape index (κ1) is 9.96. The van der Waals surface area contributed by atoms with Crippen molar-refractivity contribution in [2.45, 2.75) is 44.2 Å². The Morgan fingerprint density at radius 1 is 1.58 bits per heavy atom. The normalized spacial score (nSPS) is 26.0. The topological polar surface area (TPSA) is 58.3 Å². The van der Waals surface area contributed by atoms with Crippen LogP contribution in [0, 0.1) is 0 Å². The SMILES string of the molecule is CCCCC(C)(N)C1(O)CNC1. The summed E-state index contributed by atoms with van der Waals surface area (Å²) in [7, 11) is 0. The van der Waals surface area contributed by atoms with Crippen molar-refractivity contribution in [1.29, 1.82) is 0 Å². The quantitative estimate of drug-likeness (QED) is 0.569. The zero-order valence-corrected chi connectivity index (χ0v) is 8.06. The summed E-state index contributed by atoms with van der Waals surface area (Å²) >= 11 is 0. The molecule has 0 aromatic heterocycles. The number of nitrogens with one attached hydrogen (secondary N) is 1. The lowest BCUT2D eigenvalue weighted by atomic mass is 9.74. The number of rotatable bonds is 4. The maximum absolute atomic E-state index is 9.98. The highest BCUT2D eigenvalue weighted by atomic mass is 16.3. The van der Waals surface area contributed by atoms with Crippen LogP contribution >= 0.6 is 0 Å². The lowest BCUT2D eigenvalue weighted by molar-refractivity contribution is -0.0733. The highest BCUT2D eigenvalue weighted by Gasteiger charge is 2.48. The van der Waals surface area contributed by atoms with Crippen molar-refractivity contribution in [2.75, 3.05) is 13.1 Å². The molecule has 1 rings (SSSR count). The molecule has 1 saturated heterocycles. The second-order valence-corrected chi connectivity index (χ2v) is 4.16. The second kappa shape index (κ2) is 3.32. The van der Waals surface area contributed by atoms with Crippen molar-refractivity contribution < 1.29 is 5.11 Å². The standard InChI is InChI=1S/C9H20N2O/c1-3-4-5-8(2,10)9(12)6-11-7-9/h11-12H,3-7,10H2,1-2H3. The van der Waals surface area contributed by atoms with Gasteiger partial charge in [0.05, 0.1) is 0 Å². The first-order chi connectivity index (χ1) is 5.52. The summed E-state index contributed by atoms with van der Waals surface area (Å²) < 4.78 is 0.